The number of benzene rings is 1. The fraction of sp³-hybridized carbons (Fsp3) is 0.500. The van der Waals surface area contributed by atoms with Gasteiger partial charge in [-0.15, -0.1) is 0 Å². The van der Waals surface area contributed by atoms with Crippen LogP contribution in [0.3, 0.4) is 0 Å². The third-order valence-corrected chi connectivity index (χ3v) is 4.88. The van der Waals surface area contributed by atoms with Crippen LogP contribution in [0.4, 0.5) is 10.1 Å². The fourth-order valence-corrected chi connectivity index (χ4v) is 3.69. The molecule has 2 fully saturated rings. The van der Waals surface area contributed by atoms with Crippen molar-refractivity contribution in [3.8, 4) is 0 Å². The molecule has 2 aliphatic rings. The molecule has 2 saturated heterocycles. The SMILES string of the molecule is CN=C(NCC(=O)Nc1cccc(F)c1)N1CCCC2(CNC(=O)C2)C1. The molecule has 1 aromatic rings. The molecule has 1 aromatic carbocycles. The molecule has 2 heterocycles. The predicted molar refractivity (Wildman–Crippen MR) is 97.3 cm³/mol. The van der Waals surface area contributed by atoms with E-state index in [4.69, 9.17) is 0 Å². The van der Waals surface area contributed by atoms with E-state index in [2.05, 4.69) is 25.8 Å². The van der Waals surface area contributed by atoms with Crippen molar-refractivity contribution >= 4 is 23.5 Å². The van der Waals surface area contributed by atoms with Crippen molar-refractivity contribution in [2.24, 2.45) is 10.4 Å². The Morgan fingerprint density at radius 1 is 1.46 bits per heavy atom. The topological polar surface area (TPSA) is 85.8 Å². The third kappa shape index (κ3) is 4.30. The summed E-state index contributed by atoms with van der Waals surface area (Å²) in [5, 5.41) is 8.63. The Bertz CT molecular complexity index is 723. The van der Waals surface area contributed by atoms with E-state index in [1.54, 1.807) is 19.2 Å². The maximum absolute atomic E-state index is 13.2. The summed E-state index contributed by atoms with van der Waals surface area (Å²) in [6.07, 6.45) is 2.53. The van der Waals surface area contributed by atoms with Crippen LogP contribution in [0.15, 0.2) is 29.3 Å². The van der Waals surface area contributed by atoms with Crippen LogP contribution in [-0.4, -0.2) is 55.9 Å². The van der Waals surface area contributed by atoms with Gasteiger partial charge in [-0.3, -0.25) is 14.6 Å². The number of nitrogens with one attached hydrogen (secondary N) is 3. The minimum atomic E-state index is -0.398. The second kappa shape index (κ2) is 7.72. The van der Waals surface area contributed by atoms with E-state index in [1.165, 1.54) is 12.1 Å². The zero-order valence-electron chi connectivity index (χ0n) is 14.8. The van der Waals surface area contributed by atoms with Gasteiger partial charge in [0.15, 0.2) is 5.96 Å². The van der Waals surface area contributed by atoms with Gasteiger partial charge in [-0.25, -0.2) is 4.39 Å². The molecule has 0 radical (unpaired) electrons. The van der Waals surface area contributed by atoms with Crippen LogP contribution in [0.1, 0.15) is 19.3 Å². The number of hydrogen-bond donors (Lipinski definition) is 3. The van der Waals surface area contributed by atoms with E-state index in [0.717, 1.165) is 25.9 Å². The zero-order chi connectivity index (χ0) is 18.6. The maximum atomic E-state index is 13.2. The molecule has 26 heavy (non-hydrogen) atoms. The molecule has 140 valence electrons. The summed E-state index contributed by atoms with van der Waals surface area (Å²) in [5.41, 5.74) is 0.371. The van der Waals surface area contributed by atoms with Gasteiger partial charge in [-0.1, -0.05) is 6.07 Å². The highest BCUT2D eigenvalue weighted by atomic mass is 19.1. The second-order valence-corrected chi connectivity index (χ2v) is 6.94. The van der Waals surface area contributed by atoms with Crippen molar-refractivity contribution in [3.05, 3.63) is 30.1 Å². The molecule has 0 aromatic heterocycles. The number of hydrogen-bond acceptors (Lipinski definition) is 3. The molecule has 2 aliphatic heterocycles. The van der Waals surface area contributed by atoms with Crippen LogP contribution >= 0.6 is 0 Å². The number of halogens is 1. The largest absolute Gasteiger partial charge is 0.355 e. The fourth-order valence-electron chi connectivity index (χ4n) is 3.69. The lowest BCUT2D eigenvalue weighted by Crippen LogP contribution is -2.52. The minimum absolute atomic E-state index is 0.0316. The zero-order valence-corrected chi connectivity index (χ0v) is 14.8. The molecule has 3 N–H and O–H groups in total. The summed E-state index contributed by atoms with van der Waals surface area (Å²) in [7, 11) is 1.67. The summed E-state index contributed by atoms with van der Waals surface area (Å²) >= 11 is 0. The van der Waals surface area contributed by atoms with Gasteiger partial charge >= 0.3 is 0 Å². The van der Waals surface area contributed by atoms with Crippen LogP contribution in [0, 0.1) is 11.2 Å². The second-order valence-electron chi connectivity index (χ2n) is 6.94. The van der Waals surface area contributed by atoms with Crippen LogP contribution in [0.2, 0.25) is 0 Å². The highest BCUT2D eigenvalue weighted by molar-refractivity contribution is 5.95. The van der Waals surface area contributed by atoms with Gasteiger partial charge in [-0.2, -0.15) is 0 Å². The number of nitrogens with zero attached hydrogens (tertiary/aromatic N) is 2. The van der Waals surface area contributed by atoms with Crippen LogP contribution in [0.25, 0.3) is 0 Å². The Balaban J connectivity index is 1.54. The van der Waals surface area contributed by atoms with Crippen molar-refractivity contribution in [2.75, 3.05) is 38.5 Å². The number of anilines is 1. The van der Waals surface area contributed by atoms with Gasteiger partial charge < -0.3 is 20.9 Å². The van der Waals surface area contributed by atoms with Crippen LogP contribution in [-0.2, 0) is 9.59 Å². The Labute approximate surface area is 152 Å². The Kier molecular flexibility index (Phi) is 5.39. The van der Waals surface area contributed by atoms with Crippen molar-refractivity contribution in [3.63, 3.8) is 0 Å². The summed E-state index contributed by atoms with van der Waals surface area (Å²) < 4.78 is 13.2. The number of piperidine rings is 1. The Hall–Kier alpha value is -2.64. The molecule has 0 aliphatic carbocycles. The predicted octanol–water partition coefficient (Wildman–Crippen LogP) is 0.942. The van der Waals surface area contributed by atoms with Crippen molar-refractivity contribution < 1.29 is 14.0 Å². The van der Waals surface area contributed by atoms with Gasteiger partial charge in [-0.05, 0) is 31.0 Å². The minimum Gasteiger partial charge on any atom is -0.355 e. The molecule has 1 spiro atoms. The maximum Gasteiger partial charge on any atom is 0.243 e. The molecule has 8 heteroatoms. The van der Waals surface area contributed by atoms with Gasteiger partial charge in [0.1, 0.15) is 5.82 Å². The molecule has 0 bridgehead atoms. The van der Waals surface area contributed by atoms with Gasteiger partial charge in [0.05, 0.1) is 6.54 Å². The highest BCUT2D eigenvalue weighted by Gasteiger charge is 2.42. The molecule has 0 saturated carbocycles. The van der Waals surface area contributed by atoms with E-state index in [1.807, 2.05) is 0 Å². The number of likely N-dealkylation sites (tertiary alicyclic amines) is 1. The molecule has 2 amide bonds. The molecular formula is C18H24FN5O2. The smallest absolute Gasteiger partial charge is 0.243 e. The first-order valence-corrected chi connectivity index (χ1v) is 8.77. The summed E-state index contributed by atoms with van der Waals surface area (Å²) in [6.45, 7) is 2.29. The summed E-state index contributed by atoms with van der Waals surface area (Å²) in [6, 6.07) is 5.77. The first-order chi connectivity index (χ1) is 12.5. The number of carbonyl (C=O) groups excluding carboxylic acids is 2. The van der Waals surface area contributed by atoms with Crippen molar-refractivity contribution in [1.82, 2.24) is 15.5 Å². The van der Waals surface area contributed by atoms with Crippen LogP contribution < -0.4 is 16.0 Å². The lowest BCUT2D eigenvalue weighted by molar-refractivity contribution is -0.120. The van der Waals surface area contributed by atoms with E-state index in [0.29, 0.717) is 24.6 Å². The van der Waals surface area contributed by atoms with E-state index >= 15 is 0 Å². The first kappa shape index (κ1) is 18.2. The quantitative estimate of drug-likeness (QED) is 0.553. The number of guanidine groups is 1. The van der Waals surface area contributed by atoms with Crippen LogP contribution in [0.5, 0.6) is 0 Å². The average molecular weight is 361 g/mol. The molecular weight excluding hydrogens is 337 g/mol. The van der Waals surface area contributed by atoms with E-state index in [9.17, 15) is 14.0 Å². The normalized spacial score (nSPS) is 23.1. The average Bonchev–Trinajstić information content (AvgIpc) is 2.95. The van der Waals surface area contributed by atoms with E-state index in [-0.39, 0.29) is 23.8 Å². The Morgan fingerprint density at radius 3 is 3.00 bits per heavy atom. The molecule has 1 atom stereocenters. The van der Waals surface area contributed by atoms with Gasteiger partial charge in [0, 0.05) is 44.2 Å². The number of aliphatic imine (C=N–C) groups is 1. The van der Waals surface area contributed by atoms with Gasteiger partial charge in [0.2, 0.25) is 11.8 Å². The third-order valence-electron chi connectivity index (χ3n) is 4.88. The lowest BCUT2D eigenvalue weighted by Gasteiger charge is -2.40. The first-order valence-electron chi connectivity index (χ1n) is 8.77. The number of amides is 2. The lowest BCUT2D eigenvalue weighted by atomic mass is 9.79. The van der Waals surface area contributed by atoms with Crippen molar-refractivity contribution in [1.29, 1.82) is 0 Å². The summed E-state index contributed by atoms with van der Waals surface area (Å²) in [5.74, 6) is 0.0631. The standard InChI is InChI=1S/C18H24FN5O2/c1-20-17(21-10-16(26)23-14-5-2-4-13(19)8-14)24-7-3-6-18(12-24)9-15(25)22-11-18/h2,4-5,8H,3,6-7,9-12H2,1H3,(H,20,21)(H,22,25)(H,23,26). The molecule has 1 unspecified atom stereocenters. The number of rotatable bonds is 3. The number of carbonyl (C=O) groups is 2. The molecule has 3 rings (SSSR count). The van der Waals surface area contributed by atoms with E-state index < -0.39 is 5.82 Å². The monoisotopic (exact) mass is 361 g/mol. The van der Waals surface area contributed by atoms with Gasteiger partial charge in [0.25, 0.3) is 0 Å². The highest BCUT2D eigenvalue weighted by Crippen LogP contribution is 2.35. The Morgan fingerprint density at radius 2 is 2.31 bits per heavy atom. The molecule has 7 nitrogen and oxygen atoms in total. The summed E-state index contributed by atoms with van der Waals surface area (Å²) in [4.78, 5) is 30.1. The van der Waals surface area contributed by atoms with Crippen molar-refractivity contribution in [2.45, 2.75) is 19.3 Å².